The number of hydrogen-bond donors (Lipinski definition) is 1. The van der Waals surface area contributed by atoms with Gasteiger partial charge in [0.25, 0.3) is 10.0 Å². The highest BCUT2D eigenvalue weighted by molar-refractivity contribution is 7.89. The quantitative estimate of drug-likeness (QED) is 0.575. The molecule has 4 rings (SSSR count). The predicted molar refractivity (Wildman–Crippen MR) is 137 cm³/mol. The zero-order valence-electron chi connectivity index (χ0n) is 22.1. The van der Waals surface area contributed by atoms with E-state index in [1.165, 1.54) is 0 Å². The average molecular weight is 503 g/mol. The van der Waals surface area contributed by atoms with Gasteiger partial charge >= 0.3 is 5.69 Å². The van der Waals surface area contributed by atoms with Crippen molar-refractivity contribution in [1.29, 1.82) is 0 Å². The van der Waals surface area contributed by atoms with E-state index in [1.54, 1.807) is 40.9 Å². The first kappa shape index (κ1) is 25.6. The zero-order valence-corrected chi connectivity index (χ0v) is 22.9. The van der Waals surface area contributed by atoms with Crippen LogP contribution in [-0.2, 0) is 30.7 Å². The third-order valence-electron chi connectivity index (χ3n) is 7.31. The average Bonchev–Trinajstić information content (AvgIpc) is 3.20. The predicted octanol–water partition coefficient (Wildman–Crippen LogP) is 3.46. The summed E-state index contributed by atoms with van der Waals surface area (Å²) in [6, 6.07) is 3.72. The van der Waals surface area contributed by atoms with Crippen molar-refractivity contribution in [2.75, 3.05) is 0 Å². The third kappa shape index (κ3) is 4.95. The third-order valence-corrected chi connectivity index (χ3v) is 8.66. The Kier molecular flexibility index (Phi) is 6.29. The molecule has 2 unspecified atom stereocenters. The fourth-order valence-electron chi connectivity index (χ4n) is 4.96. The van der Waals surface area contributed by atoms with Crippen LogP contribution in [0.5, 0.6) is 0 Å². The first-order valence-corrected chi connectivity index (χ1v) is 13.7. The molecular weight excluding hydrogens is 464 g/mol. The number of sulfonamides is 1. The lowest BCUT2D eigenvalue weighted by Crippen LogP contribution is -2.48. The van der Waals surface area contributed by atoms with Crippen molar-refractivity contribution in [3.8, 4) is 0 Å². The largest absolute Gasteiger partial charge is 0.337 e. The summed E-state index contributed by atoms with van der Waals surface area (Å²) in [6.45, 7) is 12.9. The van der Waals surface area contributed by atoms with Gasteiger partial charge < -0.3 is 4.57 Å². The van der Waals surface area contributed by atoms with E-state index in [9.17, 15) is 13.2 Å². The smallest absolute Gasteiger partial charge is 0.330 e. The second-order valence-electron chi connectivity index (χ2n) is 11.9. The summed E-state index contributed by atoms with van der Waals surface area (Å²) in [5, 5.41) is 0.0464. The van der Waals surface area contributed by atoms with E-state index >= 15 is 0 Å². The minimum Gasteiger partial charge on any atom is -0.337 e. The van der Waals surface area contributed by atoms with Gasteiger partial charge in [0.05, 0.1) is 5.52 Å². The number of hydrogen-bond acceptors (Lipinski definition) is 5. The van der Waals surface area contributed by atoms with E-state index in [0.717, 1.165) is 24.1 Å². The molecule has 3 aromatic heterocycles. The van der Waals surface area contributed by atoms with Gasteiger partial charge in [0.15, 0.2) is 10.7 Å². The fraction of sp³-hybridized carbons (Fsp3) is 0.640. The molecule has 1 aliphatic carbocycles. The van der Waals surface area contributed by atoms with Gasteiger partial charge in [-0.3, -0.25) is 9.13 Å². The lowest BCUT2D eigenvalue weighted by Gasteiger charge is -2.42. The molecule has 0 spiro atoms. The van der Waals surface area contributed by atoms with E-state index in [0.29, 0.717) is 24.4 Å². The van der Waals surface area contributed by atoms with Crippen molar-refractivity contribution in [3.63, 3.8) is 0 Å². The summed E-state index contributed by atoms with van der Waals surface area (Å²) >= 11 is 0. The van der Waals surface area contributed by atoms with Crippen molar-refractivity contribution >= 4 is 21.2 Å². The Balaban J connectivity index is 1.64. The van der Waals surface area contributed by atoms with Crippen molar-refractivity contribution in [2.24, 2.45) is 24.9 Å². The number of pyridine rings is 1. The van der Waals surface area contributed by atoms with E-state index < -0.39 is 10.0 Å². The van der Waals surface area contributed by atoms with Gasteiger partial charge in [-0.05, 0) is 49.1 Å². The molecule has 1 aliphatic rings. The normalized spacial score (nSPS) is 21.0. The molecule has 1 fully saturated rings. The summed E-state index contributed by atoms with van der Waals surface area (Å²) in [6.07, 6.45) is 3.94. The highest BCUT2D eigenvalue weighted by Crippen LogP contribution is 2.43. The molecule has 0 radical (unpaired) electrons. The Morgan fingerprint density at radius 2 is 1.86 bits per heavy atom. The van der Waals surface area contributed by atoms with Crippen LogP contribution in [0.15, 0.2) is 28.2 Å². The van der Waals surface area contributed by atoms with Gasteiger partial charge in [-0.25, -0.2) is 27.9 Å². The van der Waals surface area contributed by atoms with Crippen molar-refractivity contribution in [1.82, 2.24) is 28.4 Å². The fourth-order valence-corrected chi connectivity index (χ4v) is 6.42. The van der Waals surface area contributed by atoms with Crippen LogP contribution in [0.1, 0.15) is 71.3 Å². The zero-order chi connectivity index (χ0) is 25.9. The van der Waals surface area contributed by atoms with Crippen LogP contribution in [0.25, 0.3) is 11.2 Å². The number of nitrogens with one attached hydrogen (secondary N) is 1. The molecule has 192 valence electrons. The molecule has 10 heteroatoms. The number of rotatable bonds is 5. The van der Waals surface area contributed by atoms with Gasteiger partial charge in [-0.2, -0.15) is 0 Å². The van der Waals surface area contributed by atoms with Crippen molar-refractivity contribution in [3.05, 3.63) is 40.3 Å². The van der Waals surface area contributed by atoms with Crippen molar-refractivity contribution in [2.45, 2.75) is 84.3 Å². The molecule has 1 N–H and O–H groups in total. The van der Waals surface area contributed by atoms with Gasteiger partial charge in [0.2, 0.25) is 0 Å². The van der Waals surface area contributed by atoms with Crippen molar-refractivity contribution < 1.29 is 8.42 Å². The van der Waals surface area contributed by atoms with Gasteiger partial charge in [0, 0.05) is 44.5 Å². The first-order chi connectivity index (χ1) is 16.1. The molecule has 0 amide bonds. The van der Waals surface area contributed by atoms with Crippen LogP contribution in [0.4, 0.5) is 0 Å². The molecular formula is C25H38N6O3S. The Bertz CT molecular complexity index is 1400. The summed E-state index contributed by atoms with van der Waals surface area (Å²) in [5.41, 5.74) is 2.08. The van der Waals surface area contributed by atoms with E-state index in [1.807, 2.05) is 12.1 Å². The molecule has 3 heterocycles. The van der Waals surface area contributed by atoms with Crippen LogP contribution >= 0.6 is 0 Å². The van der Waals surface area contributed by atoms with Gasteiger partial charge in [-0.15, -0.1) is 0 Å². The maximum atomic E-state index is 13.1. The van der Waals surface area contributed by atoms with Crippen LogP contribution in [0.3, 0.4) is 0 Å². The topological polar surface area (TPSA) is 104 Å². The number of aromatic nitrogens is 5. The number of aryl methyl sites for hydroxylation is 3. The van der Waals surface area contributed by atoms with E-state index in [2.05, 4.69) is 44.3 Å². The molecule has 0 bridgehead atoms. The molecule has 2 atom stereocenters. The second kappa shape index (κ2) is 8.58. The molecule has 0 aliphatic heterocycles. The molecule has 35 heavy (non-hydrogen) atoms. The summed E-state index contributed by atoms with van der Waals surface area (Å²) in [4.78, 5) is 22.0. The van der Waals surface area contributed by atoms with Crippen LogP contribution in [0.2, 0.25) is 0 Å². The lowest BCUT2D eigenvalue weighted by atomic mass is 9.69. The monoisotopic (exact) mass is 502 g/mol. The standard InChI is InChI=1S/C25H38N6O3S/c1-16-26-21(14-29(16)7)35(33,34)28-20-13-17(11-12-25(20,5)6)18-9-10-19-22(27-18)30(8)23(32)31(19)15-24(2,3)4/h9-10,14,17,20,28H,11-13,15H2,1-8H3. The van der Waals surface area contributed by atoms with Crippen LogP contribution in [0, 0.1) is 17.8 Å². The molecule has 0 aromatic carbocycles. The van der Waals surface area contributed by atoms with Crippen LogP contribution < -0.4 is 10.4 Å². The molecule has 0 saturated heterocycles. The maximum absolute atomic E-state index is 13.1. The highest BCUT2D eigenvalue weighted by atomic mass is 32.2. The van der Waals surface area contributed by atoms with E-state index in [-0.39, 0.29) is 33.5 Å². The minimum atomic E-state index is -3.75. The Hall–Kier alpha value is -2.46. The molecule has 1 saturated carbocycles. The molecule has 9 nitrogen and oxygen atoms in total. The SMILES string of the molecule is Cc1nc(S(=O)(=O)NC2CC(c3ccc4c(n3)n(C)c(=O)n4CC(C)(C)C)CCC2(C)C)cn1C. The highest BCUT2D eigenvalue weighted by Gasteiger charge is 2.40. The number of nitrogens with zero attached hydrogens (tertiary/aromatic N) is 5. The minimum absolute atomic E-state index is 0.0394. The number of imidazole rings is 2. The summed E-state index contributed by atoms with van der Waals surface area (Å²) < 4.78 is 34.3. The summed E-state index contributed by atoms with van der Waals surface area (Å²) in [5.74, 6) is 0.735. The van der Waals surface area contributed by atoms with E-state index in [4.69, 9.17) is 4.98 Å². The maximum Gasteiger partial charge on any atom is 0.330 e. The molecule has 3 aromatic rings. The van der Waals surface area contributed by atoms with Gasteiger partial charge in [-0.1, -0.05) is 34.6 Å². The lowest BCUT2D eigenvalue weighted by molar-refractivity contribution is 0.170. The Labute approximate surface area is 207 Å². The van der Waals surface area contributed by atoms with Crippen LogP contribution in [-0.4, -0.2) is 38.1 Å². The Morgan fingerprint density at radius 1 is 1.17 bits per heavy atom. The number of fused-ring (bicyclic) bond motifs is 1. The summed E-state index contributed by atoms with van der Waals surface area (Å²) in [7, 11) is -0.207. The second-order valence-corrected chi connectivity index (χ2v) is 13.6. The Morgan fingerprint density at radius 3 is 2.46 bits per heavy atom. The first-order valence-electron chi connectivity index (χ1n) is 12.2. The van der Waals surface area contributed by atoms with Gasteiger partial charge in [0.1, 0.15) is 5.82 Å².